The second-order valence-electron chi connectivity index (χ2n) is 4.34. The first-order valence-electron chi connectivity index (χ1n) is 5.83. The van der Waals surface area contributed by atoms with E-state index in [-0.39, 0.29) is 11.8 Å². The third-order valence-corrected chi connectivity index (χ3v) is 3.43. The van der Waals surface area contributed by atoms with E-state index < -0.39 is 0 Å². The summed E-state index contributed by atoms with van der Waals surface area (Å²) in [6.07, 6.45) is 0.0530. The van der Waals surface area contributed by atoms with Gasteiger partial charge in [-0.15, -0.1) is 5.10 Å². The third kappa shape index (κ3) is 3.11. The van der Waals surface area contributed by atoms with Crippen molar-refractivity contribution in [2.75, 3.05) is 5.73 Å². The summed E-state index contributed by atoms with van der Waals surface area (Å²) in [5.74, 6) is 0.639. The largest absolute Gasteiger partial charge is 0.489 e. The van der Waals surface area contributed by atoms with Crippen LogP contribution in [0, 0.1) is 0 Å². The van der Waals surface area contributed by atoms with E-state index >= 15 is 0 Å². The van der Waals surface area contributed by atoms with Crippen LogP contribution >= 0.6 is 11.8 Å². The zero-order chi connectivity index (χ0) is 14.0. The van der Waals surface area contributed by atoms with E-state index in [2.05, 4.69) is 10.2 Å². The van der Waals surface area contributed by atoms with Crippen LogP contribution in [0.2, 0.25) is 0 Å². The fourth-order valence-electron chi connectivity index (χ4n) is 1.46. The summed E-state index contributed by atoms with van der Waals surface area (Å²) < 4.78 is 7.07. The second kappa shape index (κ2) is 5.40. The molecule has 102 valence electrons. The number of hydrogen-bond donors (Lipinski definition) is 2. The number of nitrogens with zero attached hydrogens (tertiary/aromatic N) is 2. The maximum Gasteiger partial charge on any atom is 0.343 e. The minimum absolute atomic E-state index is 0.0530. The molecule has 0 saturated heterocycles. The number of ether oxygens (including phenoxy) is 1. The smallest absolute Gasteiger partial charge is 0.343 e. The molecule has 0 unspecified atom stereocenters. The van der Waals surface area contributed by atoms with Crippen molar-refractivity contribution in [2.45, 2.75) is 30.0 Å². The average Bonchev–Trinajstić information content (AvgIpc) is 2.65. The maximum absolute atomic E-state index is 11.3. The third-order valence-electron chi connectivity index (χ3n) is 2.40. The average molecular weight is 280 g/mol. The number of H-pyrrole nitrogens is 1. The van der Waals surface area contributed by atoms with Crippen LogP contribution in [0.15, 0.2) is 33.0 Å². The van der Waals surface area contributed by atoms with E-state index in [4.69, 9.17) is 10.5 Å². The molecule has 1 heterocycles. The fourth-order valence-corrected chi connectivity index (χ4v) is 2.29. The molecule has 0 fully saturated rings. The summed E-state index contributed by atoms with van der Waals surface area (Å²) in [4.78, 5) is 12.2. The van der Waals surface area contributed by atoms with Gasteiger partial charge in [0.2, 0.25) is 0 Å². The van der Waals surface area contributed by atoms with E-state index in [9.17, 15) is 4.79 Å². The predicted molar refractivity (Wildman–Crippen MR) is 74.6 cm³/mol. The summed E-state index contributed by atoms with van der Waals surface area (Å²) in [7, 11) is 1.66. The molecule has 0 bridgehead atoms. The molecule has 1 aromatic heterocycles. The van der Waals surface area contributed by atoms with Crippen molar-refractivity contribution in [3.05, 3.63) is 28.7 Å². The van der Waals surface area contributed by atoms with Crippen molar-refractivity contribution in [3.63, 3.8) is 0 Å². The Morgan fingerprint density at radius 2 is 2.21 bits per heavy atom. The van der Waals surface area contributed by atoms with Crippen molar-refractivity contribution in [1.29, 1.82) is 0 Å². The number of hydrogen-bond acceptors (Lipinski definition) is 5. The Labute approximate surface area is 115 Å². The zero-order valence-corrected chi connectivity index (χ0v) is 11.8. The lowest BCUT2D eigenvalue weighted by molar-refractivity contribution is 0.243. The summed E-state index contributed by atoms with van der Waals surface area (Å²) in [5, 5.41) is 6.92. The normalized spacial score (nSPS) is 10.9. The fraction of sp³-hybridized carbons (Fsp3) is 0.333. The van der Waals surface area contributed by atoms with Gasteiger partial charge in [-0.05, 0) is 43.8 Å². The molecule has 0 spiro atoms. The minimum atomic E-state index is -0.239. The van der Waals surface area contributed by atoms with Crippen LogP contribution in [0.3, 0.4) is 0 Å². The van der Waals surface area contributed by atoms with Gasteiger partial charge in [-0.2, -0.15) is 0 Å². The van der Waals surface area contributed by atoms with Gasteiger partial charge in [0.15, 0.2) is 5.16 Å². The molecule has 0 aliphatic heterocycles. The van der Waals surface area contributed by atoms with Gasteiger partial charge in [-0.3, -0.25) is 4.57 Å². The summed E-state index contributed by atoms with van der Waals surface area (Å²) >= 11 is 1.37. The van der Waals surface area contributed by atoms with Crippen molar-refractivity contribution in [3.8, 4) is 5.75 Å². The Morgan fingerprint density at radius 3 is 2.79 bits per heavy atom. The number of aromatic nitrogens is 3. The van der Waals surface area contributed by atoms with Crippen LogP contribution < -0.4 is 16.2 Å². The lowest BCUT2D eigenvalue weighted by atomic mass is 10.3. The van der Waals surface area contributed by atoms with Gasteiger partial charge in [0.05, 0.1) is 11.8 Å². The van der Waals surface area contributed by atoms with Gasteiger partial charge in [0, 0.05) is 11.9 Å². The van der Waals surface area contributed by atoms with Crippen LogP contribution in [-0.2, 0) is 7.05 Å². The first kappa shape index (κ1) is 13.5. The highest BCUT2D eigenvalue weighted by molar-refractivity contribution is 7.99. The molecule has 6 nitrogen and oxygen atoms in total. The summed E-state index contributed by atoms with van der Waals surface area (Å²) in [6.45, 7) is 3.88. The van der Waals surface area contributed by atoms with E-state index in [0.717, 1.165) is 4.90 Å². The lowest BCUT2D eigenvalue weighted by Gasteiger charge is -2.13. The van der Waals surface area contributed by atoms with Crippen LogP contribution in [0.1, 0.15) is 13.8 Å². The maximum atomic E-state index is 11.3. The van der Waals surface area contributed by atoms with Crippen LogP contribution in [-0.4, -0.2) is 20.9 Å². The molecule has 3 N–H and O–H groups in total. The molecular weight excluding hydrogens is 264 g/mol. The number of anilines is 1. The van der Waals surface area contributed by atoms with Gasteiger partial charge < -0.3 is 10.5 Å². The van der Waals surface area contributed by atoms with Gasteiger partial charge in [-0.25, -0.2) is 9.89 Å². The number of rotatable bonds is 4. The standard InChI is InChI=1S/C12H16N4O2S/c1-7(2)18-10-6-8(4-5-9(10)13)19-12-15-14-11(17)16(12)3/h4-7H,13H2,1-3H3,(H,14,17). The van der Waals surface area contributed by atoms with E-state index in [1.165, 1.54) is 16.3 Å². The number of nitrogen functional groups attached to an aromatic ring is 1. The molecule has 2 rings (SSSR count). The van der Waals surface area contributed by atoms with Crippen molar-refractivity contribution in [2.24, 2.45) is 7.05 Å². The Bertz CT molecular complexity index is 633. The van der Waals surface area contributed by atoms with Crippen LogP contribution in [0.5, 0.6) is 5.75 Å². The van der Waals surface area contributed by atoms with Crippen molar-refractivity contribution < 1.29 is 4.74 Å². The first-order chi connectivity index (χ1) is 8.97. The zero-order valence-electron chi connectivity index (χ0n) is 11.0. The number of benzene rings is 1. The van der Waals surface area contributed by atoms with Crippen LogP contribution in [0.4, 0.5) is 5.69 Å². The highest BCUT2D eigenvalue weighted by atomic mass is 32.2. The molecule has 0 amide bonds. The molecule has 0 aliphatic carbocycles. The predicted octanol–water partition coefficient (Wildman–Crippen LogP) is 1.63. The summed E-state index contributed by atoms with van der Waals surface area (Å²) in [6, 6.07) is 5.50. The Kier molecular flexibility index (Phi) is 3.84. The van der Waals surface area contributed by atoms with Gasteiger partial charge in [0.1, 0.15) is 5.75 Å². The first-order valence-corrected chi connectivity index (χ1v) is 6.64. The van der Waals surface area contributed by atoms with E-state index in [1.807, 2.05) is 26.0 Å². The second-order valence-corrected chi connectivity index (χ2v) is 5.38. The molecule has 0 aliphatic rings. The molecule has 19 heavy (non-hydrogen) atoms. The minimum Gasteiger partial charge on any atom is -0.489 e. The van der Waals surface area contributed by atoms with Gasteiger partial charge >= 0.3 is 5.69 Å². The van der Waals surface area contributed by atoms with E-state index in [1.54, 1.807) is 13.1 Å². The molecule has 0 saturated carbocycles. The van der Waals surface area contributed by atoms with E-state index in [0.29, 0.717) is 16.6 Å². The molecule has 2 aromatic rings. The van der Waals surface area contributed by atoms with Gasteiger partial charge in [-0.1, -0.05) is 0 Å². The number of aromatic amines is 1. The molecule has 7 heteroatoms. The molecule has 0 radical (unpaired) electrons. The Hall–Kier alpha value is -1.89. The quantitative estimate of drug-likeness (QED) is 0.831. The Balaban J connectivity index is 2.26. The highest BCUT2D eigenvalue weighted by Gasteiger charge is 2.09. The monoisotopic (exact) mass is 280 g/mol. The SMILES string of the molecule is CC(C)Oc1cc(Sc2n[nH]c(=O)n2C)ccc1N. The van der Waals surface area contributed by atoms with Crippen LogP contribution in [0.25, 0.3) is 0 Å². The summed E-state index contributed by atoms with van der Waals surface area (Å²) in [5.41, 5.74) is 6.21. The highest BCUT2D eigenvalue weighted by Crippen LogP contribution is 2.31. The van der Waals surface area contributed by atoms with Crippen molar-refractivity contribution in [1.82, 2.24) is 14.8 Å². The molecule has 0 atom stereocenters. The number of nitrogens with two attached hydrogens (primary N) is 1. The van der Waals surface area contributed by atoms with Crippen molar-refractivity contribution >= 4 is 17.4 Å². The Morgan fingerprint density at radius 1 is 1.47 bits per heavy atom. The molecule has 1 aromatic carbocycles. The molecular formula is C12H16N4O2S. The number of nitrogens with one attached hydrogen (secondary N) is 1. The van der Waals surface area contributed by atoms with Gasteiger partial charge in [0.25, 0.3) is 0 Å². The lowest BCUT2D eigenvalue weighted by Crippen LogP contribution is -2.12. The topological polar surface area (TPSA) is 85.9 Å².